The van der Waals surface area contributed by atoms with Gasteiger partial charge in [-0.25, -0.2) is 19.7 Å². The van der Waals surface area contributed by atoms with Crippen LogP contribution in [-0.4, -0.2) is 108 Å². The number of carbonyl (C=O) groups is 1. The van der Waals surface area contributed by atoms with E-state index in [-0.39, 0.29) is 0 Å². The van der Waals surface area contributed by atoms with Gasteiger partial charge in [0.1, 0.15) is 11.5 Å². The van der Waals surface area contributed by atoms with Crippen molar-refractivity contribution in [2.45, 2.75) is 31.5 Å². The number of fused-ring (bicyclic) bond motifs is 1. The first-order valence-corrected chi connectivity index (χ1v) is 17.7. The van der Waals surface area contributed by atoms with Crippen LogP contribution < -0.4 is 4.90 Å². The molecule has 0 radical (unpaired) electrons. The van der Waals surface area contributed by atoms with Gasteiger partial charge in [-0.3, -0.25) is 15.0 Å². The highest BCUT2D eigenvalue weighted by atomic mass is 19.4. The lowest BCUT2D eigenvalue weighted by molar-refractivity contribution is -0.192. The second-order valence-electron chi connectivity index (χ2n) is 13.4. The van der Waals surface area contributed by atoms with Crippen molar-refractivity contribution < 1.29 is 23.1 Å². The highest BCUT2D eigenvalue weighted by Gasteiger charge is 2.38. The molecule has 0 unspecified atom stereocenters. The van der Waals surface area contributed by atoms with Crippen molar-refractivity contribution >= 4 is 23.0 Å². The van der Waals surface area contributed by atoms with Crippen LogP contribution >= 0.6 is 0 Å². The molecule has 0 aliphatic carbocycles. The minimum Gasteiger partial charge on any atom is -0.475 e. The standard InChI is InChI=1S/C37H38N10.C2HF3O2/c1-45-19-21-47(22-20-45)37-39-24-30-23-31(27-7-3-2-4-8-27)33(40-34(30)42-37)28-12-10-26(11-13-28)25-46-17-14-29(15-18-46)35-41-36(44-43-35)32-9-5-6-16-38-32;3-2(4,5)1(6)7/h2-13,16,23-24,29H,14-15,17-22,25H2,1H3,(H,41,43,44);(H,6,7). The number of alkyl halides is 3. The molecule has 0 atom stereocenters. The van der Waals surface area contributed by atoms with Crippen LogP contribution in [0.1, 0.15) is 30.1 Å². The molecule has 2 saturated heterocycles. The van der Waals surface area contributed by atoms with Crippen LogP contribution in [0.4, 0.5) is 19.1 Å². The van der Waals surface area contributed by atoms with E-state index in [4.69, 9.17) is 29.8 Å². The fraction of sp³-hybridized carbons (Fsp3) is 0.308. The minimum atomic E-state index is -5.08. The van der Waals surface area contributed by atoms with Gasteiger partial charge in [-0.1, -0.05) is 60.7 Å². The monoisotopic (exact) mass is 736 g/mol. The highest BCUT2D eigenvalue weighted by Crippen LogP contribution is 2.34. The van der Waals surface area contributed by atoms with Gasteiger partial charge in [0.05, 0.1) is 5.69 Å². The number of carboxylic acid groups (broad SMARTS) is 1. The number of benzene rings is 2. The molecule has 2 aromatic carbocycles. The fourth-order valence-corrected chi connectivity index (χ4v) is 6.63. The Balaban J connectivity index is 0.000000588. The summed E-state index contributed by atoms with van der Waals surface area (Å²) >= 11 is 0. The predicted molar refractivity (Wildman–Crippen MR) is 198 cm³/mol. The summed E-state index contributed by atoms with van der Waals surface area (Å²) in [6.07, 6.45) is 0.715. The summed E-state index contributed by atoms with van der Waals surface area (Å²) in [6, 6.07) is 27.4. The van der Waals surface area contributed by atoms with Gasteiger partial charge in [0, 0.05) is 67.5 Å². The molecule has 0 saturated carbocycles. The van der Waals surface area contributed by atoms with Crippen LogP contribution in [0, 0.1) is 0 Å². The van der Waals surface area contributed by atoms with E-state index < -0.39 is 12.1 Å². The molecule has 4 aromatic heterocycles. The Hall–Kier alpha value is -5.80. The maximum absolute atomic E-state index is 10.6. The zero-order chi connectivity index (χ0) is 37.7. The zero-order valence-corrected chi connectivity index (χ0v) is 29.6. The SMILES string of the molecule is CN1CCN(c2ncc3cc(-c4ccccc4)c(-c4ccc(CN5CCC(c6nc(-c7ccccn7)n[nH]6)CC5)cc4)nc3n2)CC1.O=C(O)C(F)(F)F. The minimum absolute atomic E-state index is 0.384. The summed E-state index contributed by atoms with van der Waals surface area (Å²) in [4.78, 5) is 40.0. The van der Waals surface area contributed by atoms with E-state index in [2.05, 4.69) is 91.5 Å². The van der Waals surface area contributed by atoms with Gasteiger partial charge in [-0.2, -0.15) is 23.3 Å². The molecule has 2 aliphatic heterocycles. The lowest BCUT2D eigenvalue weighted by Gasteiger charge is -2.32. The van der Waals surface area contributed by atoms with Crippen molar-refractivity contribution in [3.8, 4) is 33.9 Å². The van der Waals surface area contributed by atoms with Crippen LogP contribution in [0.5, 0.6) is 0 Å². The molecule has 54 heavy (non-hydrogen) atoms. The van der Waals surface area contributed by atoms with Crippen LogP contribution in [0.3, 0.4) is 0 Å². The van der Waals surface area contributed by atoms with E-state index in [0.717, 1.165) is 110 Å². The Morgan fingerprint density at radius 1 is 0.852 bits per heavy atom. The number of likely N-dealkylation sites (N-methyl/N-ethyl adjacent to an activating group) is 1. The number of halogens is 3. The lowest BCUT2D eigenvalue weighted by Crippen LogP contribution is -2.45. The van der Waals surface area contributed by atoms with Gasteiger partial charge in [0.2, 0.25) is 5.95 Å². The number of hydrogen-bond donors (Lipinski definition) is 2. The Morgan fingerprint density at radius 3 is 2.22 bits per heavy atom. The molecule has 8 rings (SSSR count). The number of piperidine rings is 1. The number of aromatic nitrogens is 7. The van der Waals surface area contributed by atoms with E-state index in [1.807, 2.05) is 30.5 Å². The van der Waals surface area contributed by atoms with Gasteiger partial charge >= 0.3 is 12.1 Å². The number of rotatable bonds is 7. The van der Waals surface area contributed by atoms with Gasteiger partial charge in [-0.05, 0) is 62.3 Å². The topological polar surface area (TPSA) is 140 Å². The van der Waals surface area contributed by atoms with Crippen molar-refractivity contribution in [2.24, 2.45) is 0 Å². The molecular formula is C39H39F3N10O2. The third-order valence-electron chi connectivity index (χ3n) is 9.67. The quantitative estimate of drug-likeness (QED) is 0.191. The number of aromatic amines is 1. The number of H-pyrrole nitrogens is 1. The summed E-state index contributed by atoms with van der Waals surface area (Å²) < 4.78 is 31.7. The molecule has 0 spiro atoms. The van der Waals surface area contributed by atoms with Gasteiger partial charge in [0.25, 0.3) is 0 Å². The summed E-state index contributed by atoms with van der Waals surface area (Å²) in [5.74, 6) is 0.0182. The van der Waals surface area contributed by atoms with Crippen LogP contribution in [0.2, 0.25) is 0 Å². The number of pyridine rings is 2. The maximum atomic E-state index is 10.6. The van der Waals surface area contributed by atoms with Crippen LogP contribution in [-0.2, 0) is 11.3 Å². The Kier molecular flexibility index (Phi) is 10.9. The van der Waals surface area contributed by atoms with Crippen molar-refractivity contribution in [1.29, 1.82) is 0 Å². The number of hydrogen-bond acceptors (Lipinski definition) is 10. The largest absolute Gasteiger partial charge is 0.490 e. The first kappa shape index (κ1) is 36.6. The van der Waals surface area contributed by atoms with Gasteiger partial charge in [-0.15, -0.1) is 0 Å². The van der Waals surface area contributed by atoms with E-state index in [9.17, 15) is 13.2 Å². The third-order valence-corrected chi connectivity index (χ3v) is 9.67. The average molecular weight is 737 g/mol. The molecule has 2 aliphatic rings. The molecule has 6 aromatic rings. The third kappa shape index (κ3) is 8.69. The summed E-state index contributed by atoms with van der Waals surface area (Å²) in [5.41, 5.74) is 7.07. The van der Waals surface area contributed by atoms with E-state index in [0.29, 0.717) is 11.7 Å². The smallest absolute Gasteiger partial charge is 0.475 e. The fourth-order valence-electron chi connectivity index (χ4n) is 6.63. The molecule has 6 heterocycles. The van der Waals surface area contributed by atoms with Crippen molar-refractivity contribution in [2.75, 3.05) is 51.2 Å². The summed E-state index contributed by atoms with van der Waals surface area (Å²) in [5, 5.41) is 15.7. The first-order valence-electron chi connectivity index (χ1n) is 17.7. The molecule has 0 amide bonds. The normalized spacial score (nSPS) is 15.9. The molecule has 15 heteroatoms. The van der Waals surface area contributed by atoms with Gasteiger partial charge < -0.3 is 14.9 Å². The van der Waals surface area contributed by atoms with Crippen molar-refractivity contribution in [1.82, 2.24) is 44.9 Å². The van der Waals surface area contributed by atoms with Crippen LogP contribution in [0.15, 0.2) is 91.3 Å². The van der Waals surface area contributed by atoms with Crippen LogP contribution in [0.25, 0.3) is 44.9 Å². The second-order valence-corrected chi connectivity index (χ2v) is 13.4. The molecule has 2 N–H and O–H groups in total. The second kappa shape index (κ2) is 16.1. The van der Waals surface area contributed by atoms with Crippen molar-refractivity contribution in [3.63, 3.8) is 0 Å². The molecule has 2 fully saturated rings. The lowest BCUT2D eigenvalue weighted by atomic mass is 9.95. The molecule has 12 nitrogen and oxygen atoms in total. The van der Waals surface area contributed by atoms with Gasteiger partial charge in [0.15, 0.2) is 11.5 Å². The number of carboxylic acids is 1. The number of nitrogens with one attached hydrogen (secondary N) is 1. The molecule has 0 bridgehead atoms. The van der Waals surface area contributed by atoms with E-state index in [1.165, 1.54) is 5.56 Å². The number of piperazine rings is 1. The number of anilines is 1. The first-order chi connectivity index (χ1) is 26.1. The highest BCUT2D eigenvalue weighted by molar-refractivity contribution is 5.90. The molecular weight excluding hydrogens is 697 g/mol. The maximum Gasteiger partial charge on any atom is 0.490 e. The Labute approximate surface area is 309 Å². The zero-order valence-electron chi connectivity index (χ0n) is 29.6. The molecule has 278 valence electrons. The number of nitrogens with zero attached hydrogens (tertiary/aromatic N) is 9. The number of aliphatic carboxylic acids is 1. The Bertz CT molecular complexity index is 2170. The van der Waals surface area contributed by atoms with E-state index in [1.54, 1.807) is 6.20 Å². The van der Waals surface area contributed by atoms with E-state index >= 15 is 0 Å². The number of likely N-dealkylation sites (tertiary alicyclic amines) is 1. The Morgan fingerprint density at radius 2 is 1.56 bits per heavy atom. The summed E-state index contributed by atoms with van der Waals surface area (Å²) in [6.45, 7) is 6.81. The summed E-state index contributed by atoms with van der Waals surface area (Å²) in [7, 11) is 2.16. The average Bonchev–Trinajstić information content (AvgIpc) is 3.69. The van der Waals surface area contributed by atoms with Crippen molar-refractivity contribution in [3.05, 3.63) is 103 Å². The predicted octanol–water partition coefficient (Wildman–Crippen LogP) is 6.30.